The van der Waals surface area contributed by atoms with Crippen LogP contribution in [0.3, 0.4) is 0 Å². The summed E-state index contributed by atoms with van der Waals surface area (Å²) in [5.74, 6) is -1.64. The quantitative estimate of drug-likeness (QED) is 0.696. The third kappa shape index (κ3) is 4.58. The lowest BCUT2D eigenvalue weighted by Crippen LogP contribution is -2.48. The number of hydrogen-bond donors (Lipinski definition) is 3. The fourth-order valence-corrected chi connectivity index (χ4v) is 2.50. The van der Waals surface area contributed by atoms with Crippen LogP contribution in [0.15, 0.2) is 30.3 Å². The van der Waals surface area contributed by atoms with Crippen LogP contribution in [0.25, 0.3) is 0 Å². The molecule has 3 N–H and O–H groups in total. The van der Waals surface area contributed by atoms with Gasteiger partial charge >= 0.3 is 5.97 Å². The van der Waals surface area contributed by atoms with Gasteiger partial charge in [0, 0.05) is 6.42 Å². The zero-order chi connectivity index (χ0) is 15.9. The van der Waals surface area contributed by atoms with Crippen LogP contribution in [0, 0.1) is 0 Å². The monoisotopic (exact) mass is 304 g/mol. The second-order valence-electron chi connectivity index (χ2n) is 5.44. The van der Waals surface area contributed by atoms with Crippen molar-refractivity contribution in [1.29, 1.82) is 0 Å². The average Bonchev–Trinajstić information content (AvgIpc) is 2.93. The van der Waals surface area contributed by atoms with E-state index in [2.05, 4.69) is 10.6 Å². The molecule has 1 aliphatic heterocycles. The Morgan fingerprint density at radius 3 is 2.64 bits per heavy atom. The Morgan fingerprint density at radius 2 is 2.05 bits per heavy atom. The van der Waals surface area contributed by atoms with Crippen molar-refractivity contribution < 1.29 is 19.5 Å². The minimum absolute atomic E-state index is 0.170. The van der Waals surface area contributed by atoms with E-state index in [0.29, 0.717) is 25.7 Å². The van der Waals surface area contributed by atoms with E-state index >= 15 is 0 Å². The van der Waals surface area contributed by atoms with Crippen LogP contribution < -0.4 is 10.6 Å². The first-order valence-corrected chi connectivity index (χ1v) is 7.42. The van der Waals surface area contributed by atoms with E-state index in [4.69, 9.17) is 0 Å². The lowest BCUT2D eigenvalue weighted by molar-refractivity contribution is -0.142. The largest absolute Gasteiger partial charge is 0.480 e. The molecule has 6 heteroatoms. The van der Waals surface area contributed by atoms with E-state index in [-0.39, 0.29) is 5.91 Å². The minimum Gasteiger partial charge on any atom is -0.480 e. The van der Waals surface area contributed by atoms with Crippen molar-refractivity contribution in [2.24, 2.45) is 0 Å². The second kappa shape index (κ2) is 7.59. The number of carboxylic acid groups (broad SMARTS) is 1. The third-order valence-electron chi connectivity index (χ3n) is 3.73. The lowest BCUT2D eigenvalue weighted by Gasteiger charge is -2.17. The van der Waals surface area contributed by atoms with E-state index in [1.54, 1.807) is 0 Å². The summed E-state index contributed by atoms with van der Waals surface area (Å²) in [6, 6.07) is 8.25. The second-order valence-corrected chi connectivity index (χ2v) is 5.44. The molecule has 0 radical (unpaired) electrons. The van der Waals surface area contributed by atoms with E-state index in [0.717, 1.165) is 12.0 Å². The number of benzene rings is 1. The summed E-state index contributed by atoms with van der Waals surface area (Å²) in [6.07, 6.45) is 2.51. The van der Waals surface area contributed by atoms with Crippen LogP contribution in [0.1, 0.15) is 31.2 Å². The molecule has 118 valence electrons. The first kappa shape index (κ1) is 16.0. The normalized spacial score (nSPS) is 18.5. The topological polar surface area (TPSA) is 95.5 Å². The molecule has 1 aliphatic rings. The number of rotatable bonds is 7. The molecule has 0 unspecified atom stereocenters. The van der Waals surface area contributed by atoms with Gasteiger partial charge in [-0.1, -0.05) is 30.3 Å². The average molecular weight is 304 g/mol. The first-order valence-electron chi connectivity index (χ1n) is 7.42. The van der Waals surface area contributed by atoms with Crippen LogP contribution in [-0.4, -0.2) is 35.0 Å². The van der Waals surface area contributed by atoms with Crippen LogP contribution in [0.4, 0.5) is 0 Å². The number of nitrogens with one attached hydrogen (secondary N) is 2. The van der Waals surface area contributed by atoms with Gasteiger partial charge in [-0.3, -0.25) is 9.59 Å². The molecule has 0 aliphatic carbocycles. The maximum atomic E-state index is 11.9. The van der Waals surface area contributed by atoms with Crippen molar-refractivity contribution in [3.63, 3.8) is 0 Å². The Hall–Kier alpha value is -2.37. The number of aliphatic carboxylic acids is 1. The fraction of sp³-hybridized carbons (Fsp3) is 0.438. The Kier molecular flexibility index (Phi) is 5.52. The summed E-state index contributed by atoms with van der Waals surface area (Å²) in [4.78, 5) is 34.3. The highest BCUT2D eigenvalue weighted by Crippen LogP contribution is 2.09. The maximum absolute atomic E-state index is 11.9. The molecular formula is C16H20N2O4. The summed E-state index contributed by atoms with van der Waals surface area (Å²) in [7, 11) is 0. The highest BCUT2D eigenvalue weighted by atomic mass is 16.4. The predicted molar refractivity (Wildman–Crippen MR) is 80.1 cm³/mol. The van der Waals surface area contributed by atoms with Crippen molar-refractivity contribution in [1.82, 2.24) is 10.6 Å². The van der Waals surface area contributed by atoms with Gasteiger partial charge in [0.15, 0.2) is 0 Å². The van der Waals surface area contributed by atoms with E-state index in [9.17, 15) is 19.5 Å². The van der Waals surface area contributed by atoms with Gasteiger partial charge in [0.1, 0.15) is 12.1 Å². The number of amides is 2. The summed E-state index contributed by atoms with van der Waals surface area (Å²) in [5, 5.41) is 14.3. The summed E-state index contributed by atoms with van der Waals surface area (Å²) in [6.45, 7) is 0. The van der Waals surface area contributed by atoms with Gasteiger partial charge in [-0.2, -0.15) is 0 Å². The van der Waals surface area contributed by atoms with Gasteiger partial charge in [-0.15, -0.1) is 0 Å². The van der Waals surface area contributed by atoms with Gasteiger partial charge < -0.3 is 15.7 Å². The van der Waals surface area contributed by atoms with Gasteiger partial charge in [0.25, 0.3) is 0 Å². The SMILES string of the molecule is O=C1CC[C@H](C(=O)N[C@H](CCCc2ccccc2)C(=O)O)N1. The number of carbonyl (C=O) groups is 3. The first-order chi connectivity index (χ1) is 10.6. The summed E-state index contributed by atoms with van der Waals surface area (Å²) >= 11 is 0. The predicted octanol–water partition coefficient (Wildman–Crippen LogP) is 0.857. The van der Waals surface area contributed by atoms with Crippen molar-refractivity contribution in [3.05, 3.63) is 35.9 Å². The highest BCUT2D eigenvalue weighted by Gasteiger charge is 2.30. The zero-order valence-corrected chi connectivity index (χ0v) is 12.2. The van der Waals surface area contributed by atoms with Gasteiger partial charge in [-0.25, -0.2) is 4.79 Å². The fourth-order valence-electron chi connectivity index (χ4n) is 2.50. The van der Waals surface area contributed by atoms with Crippen molar-refractivity contribution >= 4 is 17.8 Å². The molecule has 1 aromatic rings. The molecule has 1 aromatic carbocycles. The van der Waals surface area contributed by atoms with Crippen LogP contribution >= 0.6 is 0 Å². The summed E-state index contributed by atoms with van der Waals surface area (Å²) < 4.78 is 0. The highest BCUT2D eigenvalue weighted by molar-refractivity contribution is 5.92. The molecule has 2 rings (SSSR count). The minimum atomic E-state index is -1.05. The van der Waals surface area contributed by atoms with E-state index in [1.165, 1.54) is 0 Å². The van der Waals surface area contributed by atoms with Gasteiger partial charge in [-0.05, 0) is 31.2 Å². The number of hydrogen-bond acceptors (Lipinski definition) is 3. The Morgan fingerprint density at radius 1 is 1.32 bits per heavy atom. The molecule has 1 saturated heterocycles. The van der Waals surface area contributed by atoms with E-state index < -0.39 is 24.0 Å². The lowest BCUT2D eigenvalue weighted by atomic mass is 10.0. The van der Waals surface area contributed by atoms with Gasteiger partial charge in [0.2, 0.25) is 11.8 Å². The van der Waals surface area contributed by atoms with E-state index in [1.807, 2.05) is 30.3 Å². The molecule has 6 nitrogen and oxygen atoms in total. The molecule has 22 heavy (non-hydrogen) atoms. The van der Waals surface area contributed by atoms with Crippen LogP contribution in [0.2, 0.25) is 0 Å². The molecule has 1 heterocycles. The van der Waals surface area contributed by atoms with Crippen molar-refractivity contribution in [3.8, 4) is 0 Å². The molecule has 1 fully saturated rings. The number of carboxylic acids is 1. The molecule has 0 spiro atoms. The number of carbonyl (C=O) groups excluding carboxylic acids is 2. The molecule has 2 atom stereocenters. The van der Waals surface area contributed by atoms with Crippen LogP contribution in [-0.2, 0) is 20.8 Å². The molecule has 0 aromatic heterocycles. The standard InChI is InChI=1S/C16H20N2O4/c19-14-10-9-12(17-14)15(20)18-13(16(21)22)8-4-7-11-5-2-1-3-6-11/h1-3,5-6,12-13H,4,7-10H2,(H,17,19)(H,18,20)(H,21,22)/t12-,13-/m1/s1. The Bertz CT molecular complexity index is 544. The number of aryl methyl sites for hydroxylation is 1. The van der Waals surface area contributed by atoms with Gasteiger partial charge in [0.05, 0.1) is 0 Å². The Balaban J connectivity index is 1.81. The summed E-state index contributed by atoms with van der Waals surface area (Å²) in [5.41, 5.74) is 1.14. The zero-order valence-electron chi connectivity index (χ0n) is 12.2. The maximum Gasteiger partial charge on any atom is 0.326 e. The molecule has 0 saturated carbocycles. The molecule has 0 bridgehead atoms. The molecular weight excluding hydrogens is 284 g/mol. The smallest absolute Gasteiger partial charge is 0.326 e. The van der Waals surface area contributed by atoms with Crippen molar-refractivity contribution in [2.75, 3.05) is 0 Å². The van der Waals surface area contributed by atoms with Crippen molar-refractivity contribution in [2.45, 2.75) is 44.2 Å². The Labute approximate surface area is 128 Å². The third-order valence-corrected chi connectivity index (χ3v) is 3.73. The van der Waals surface area contributed by atoms with Crippen LogP contribution in [0.5, 0.6) is 0 Å². The molecule has 2 amide bonds.